The van der Waals surface area contributed by atoms with E-state index in [9.17, 15) is 4.79 Å². The molecule has 1 aromatic carbocycles. The highest BCUT2D eigenvalue weighted by atomic mass is 16.3. The summed E-state index contributed by atoms with van der Waals surface area (Å²) >= 11 is 0. The molecule has 5 rings (SSSR count). The molecular formula is C24H26N4O2. The smallest absolute Gasteiger partial charge is 0.257 e. The average molecular weight is 402 g/mol. The Morgan fingerprint density at radius 3 is 2.80 bits per heavy atom. The summed E-state index contributed by atoms with van der Waals surface area (Å²) in [4.78, 5) is 26.3. The number of rotatable bonds is 5. The highest BCUT2D eigenvalue weighted by Crippen LogP contribution is 2.47. The summed E-state index contributed by atoms with van der Waals surface area (Å²) in [7, 11) is 0. The minimum Gasteiger partial charge on any atom is -0.472 e. The van der Waals surface area contributed by atoms with Crippen LogP contribution in [-0.4, -0.2) is 47.0 Å². The topological polar surface area (TPSA) is 62.5 Å². The minimum atomic E-state index is 0.0636. The largest absolute Gasteiger partial charge is 0.472 e. The standard InChI is InChI=1S/C24H26N4O2/c1-18-25-11-8-22(26-18)27-13-21-14-28(23(29)20-9-12-30-15-20)17-24(21,16-27)10-7-19-5-3-2-4-6-19/h2-6,8-9,11-12,15,21H,7,10,13-14,16-17H2,1H3/t21-,24+/m0/s1. The van der Waals surface area contributed by atoms with E-state index in [4.69, 9.17) is 4.42 Å². The van der Waals surface area contributed by atoms with E-state index in [1.54, 1.807) is 18.6 Å². The van der Waals surface area contributed by atoms with Gasteiger partial charge in [0.15, 0.2) is 0 Å². The number of carbonyl (C=O) groups excluding carboxylic acids is 1. The van der Waals surface area contributed by atoms with Gasteiger partial charge in [-0.25, -0.2) is 9.97 Å². The number of benzene rings is 1. The van der Waals surface area contributed by atoms with Gasteiger partial charge in [-0.05, 0) is 37.5 Å². The van der Waals surface area contributed by atoms with Gasteiger partial charge in [-0.2, -0.15) is 0 Å². The van der Waals surface area contributed by atoms with Crippen molar-refractivity contribution in [2.45, 2.75) is 19.8 Å². The lowest BCUT2D eigenvalue weighted by Crippen LogP contribution is -2.37. The van der Waals surface area contributed by atoms with Crippen LogP contribution < -0.4 is 4.90 Å². The van der Waals surface area contributed by atoms with Crippen molar-refractivity contribution in [3.05, 3.63) is 78.1 Å². The number of fused-ring (bicyclic) bond motifs is 1. The third-order valence-corrected chi connectivity index (χ3v) is 6.65. The number of carbonyl (C=O) groups is 1. The SMILES string of the molecule is Cc1nccc(N2C[C@H]3CN(C(=O)c4ccoc4)C[C@@]3(CCc3ccccc3)C2)n1. The number of furan rings is 1. The van der Waals surface area contributed by atoms with E-state index in [0.29, 0.717) is 11.5 Å². The second-order valence-electron chi connectivity index (χ2n) is 8.59. The van der Waals surface area contributed by atoms with Gasteiger partial charge in [-0.15, -0.1) is 0 Å². The maximum absolute atomic E-state index is 13.0. The average Bonchev–Trinajstić information content (AvgIpc) is 3.48. The molecule has 1 amide bonds. The van der Waals surface area contributed by atoms with Crippen LogP contribution in [0.4, 0.5) is 5.82 Å². The molecule has 0 spiro atoms. The molecule has 0 unspecified atom stereocenters. The van der Waals surface area contributed by atoms with E-state index >= 15 is 0 Å². The predicted octanol–water partition coefficient (Wildman–Crippen LogP) is 3.59. The van der Waals surface area contributed by atoms with Gasteiger partial charge in [0, 0.05) is 43.7 Å². The van der Waals surface area contributed by atoms with Crippen molar-refractivity contribution in [3.8, 4) is 0 Å². The molecule has 0 N–H and O–H groups in total. The highest BCUT2D eigenvalue weighted by Gasteiger charge is 2.53. The molecule has 2 saturated heterocycles. The molecule has 2 aliphatic heterocycles. The second-order valence-corrected chi connectivity index (χ2v) is 8.59. The molecule has 2 aromatic heterocycles. The summed E-state index contributed by atoms with van der Waals surface area (Å²) in [5.41, 5.74) is 2.05. The Morgan fingerprint density at radius 1 is 1.17 bits per heavy atom. The Hall–Kier alpha value is -3.15. The number of aromatic nitrogens is 2. The Morgan fingerprint density at radius 2 is 2.03 bits per heavy atom. The zero-order valence-electron chi connectivity index (χ0n) is 17.2. The van der Waals surface area contributed by atoms with E-state index < -0.39 is 0 Å². The highest BCUT2D eigenvalue weighted by molar-refractivity contribution is 5.94. The normalized spacial score (nSPS) is 23.0. The zero-order chi connectivity index (χ0) is 20.6. The monoisotopic (exact) mass is 402 g/mol. The molecule has 0 saturated carbocycles. The van der Waals surface area contributed by atoms with Crippen LogP contribution in [0, 0.1) is 18.3 Å². The lowest BCUT2D eigenvalue weighted by molar-refractivity contribution is 0.0770. The Labute approximate surface area is 176 Å². The lowest BCUT2D eigenvalue weighted by atomic mass is 9.76. The van der Waals surface area contributed by atoms with E-state index in [0.717, 1.165) is 50.7 Å². The third kappa shape index (κ3) is 3.47. The van der Waals surface area contributed by atoms with Crippen molar-refractivity contribution >= 4 is 11.7 Å². The first-order valence-corrected chi connectivity index (χ1v) is 10.5. The maximum atomic E-state index is 13.0. The van der Waals surface area contributed by atoms with Gasteiger partial charge in [-0.3, -0.25) is 4.79 Å². The van der Waals surface area contributed by atoms with E-state index in [-0.39, 0.29) is 11.3 Å². The second kappa shape index (κ2) is 7.59. The molecule has 30 heavy (non-hydrogen) atoms. The molecule has 6 nitrogen and oxygen atoms in total. The van der Waals surface area contributed by atoms with Gasteiger partial charge in [0.25, 0.3) is 5.91 Å². The van der Waals surface area contributed by atoms with Gasteiger partial charge >= 0.3 is 0 Å². The number of aryl methyl sites for hydroxylation is 2. The van der Waals surface area contributed by atoms with E-state index in [1.165, 1.54) is 5.56 Å². The number of hydrogen-bond acceptors (Lipinski definition) is 5. The van der Waals surface area contributed by atoms with Crippen LogP contribution in [0.1, 0.15) is 28.2 Å². The van der Waals surface area contributed by atoms with Gasteiger partial charge in [0.1, 0.15) is 17.9 Å². The predicted molar refractivity (Wildman–Crippen MR) is 114 cm³/mol. The minimum absolute atomic E-state index is 0.0636. The fraction of sp³-hybridized carbons (Fsp3) is 0.375. The first kappa shape index (κ1) is 18.9. The summed E-state index contributed by atoms with van der Waals surface area (Å²) in [5, 5.41) is 0. The summed E-state index contributed by atoms with van der Waals surface area (Å²) in [6, 6.07) is 14.4. The number of nitrogens with zero attached hydrogens (tertiary/aromatic N) is 4. The Bertz CT molecular complexity index is 1020. The Kier molecular flexibility index (Phi) is 4.77. The molecule has 6 heteroatoms. The van der Waals surface area contributed by atoms with Crippen LogP contribution in [0.5, 0.6) is 0 Å². The molecular weight excluding hydrogens is 376 g/mol. The third-order valence-electron chi connectivity index (χ3n) is 6.65. The number of anilines is 1. The molecule has 4 heterocycles. The van der Waals surface area contributed by atoms with Crippen molar-refractivity contribution in [1.82, 2.24) is 14.9 Å². The summed E-state index contributed by atoms with van der Waals surface area (Å²) in [6.07, 6.45) is 7.01. The maximum Gasteiger partial charge on any atom is 0.257 e. The zero-order valence-corrected chi connectivity index (χ0v) is 17.2. The summed E-state index contributed by atoms with van der Waals surface area (Å²) < 4.78 is 5.14. The van der Waals surface area contributed by atoms with Crippen LogP contribution in [0.3, 0.4) is 0 Å². The van der Waals surface area contributed by atoms with E-state index in [2.05, 4.69) is 45.2 Å². The molecule has 2 atom stereocenters. The quantitative estimate of drug-likeness (QED) is 0.653. The molecule has 0 aliphatic carbocycles. The van der Waals surface area contributed by atoms with Crippen LogP contribution in [0.15, 0.2) is 65.6 Å². The van der Waals surface area contributed by atoms with Gasteiger partial charge < -0.3 is 14.2 Å². The van der Waals surface area contributed by atoms with Crippen LogP contribution in [0.2, 0.25) is 0 Å². The van der Waals surface area contributed by atoms with Crippen molar-refractivity contribution < 1.29 is 9.21 Å². The van der Waals surface area contributed by atoms with Gasteiger partial charge in [-0.1, -0.05) is 30.3 Å². The molecule has 3 aromatic rings. The molecule has 2 fully saturated rings. The van der Waals surface area contributed by atoms with Crippen molar-refractivity contribution in [2.24, 2.45) is 11.3 Å². The van der Waals surface area contributed by atoms with Crippen LogP contribution >= 0.6 is 0 Å². The van der Waals surface area contributed by atoms with Crippen molar-refractivity contribution in [3.63, 3.8) is 0 Å². The fourth-order valence-electron chi connectivity index (χ4n) is 5.09. The lowest BCUT2D eigenvalue weighted by Gasteiger charge is -2.30. The molecule has 0 bridgehead atoms. The van der Waals surface area contributed by atoms with Crippen LogP contribution in [0.25, 0.3) is 0 Å². The Balaban J connectivity index is 1.39. The molecule has 154 valence electrons. The number of hydrogen-bond donors (Lipinski definition) is 0. The number of likely N-dealkylation sites (tertiary alicyclic amines) is 1. The molecule has 0 radical (unpaired) electrons. The fourth-order valence-corrected chi connectivity index (χ4v) is 5.09. The number of amides is 1. The summed E-state index contributed by atoms with van der Waals surface area (Å²) in [6.45, 7) is 5.31. The van der Waals surface area contributed by atoms with Crippen LogP contribution in [-0.2, 0) is 6.42 Å². The summed E-state index contributed by atoms with van der Waals surface area (Å²) in [5.74, 6) is 2.28. The van der Waals surface area contributed by atoms with Crippen molar-refractivity contribution in [2.75, 3.05) is 31.1 Å². The van der Waals surface area contributed by atoms with Crippen molar-refractivity contribution in [1.29, 1.82) is 0 Å². The first-order valence-electron chi connectivity index (χ1n) is 10.5. The van der Waals surface area contributed by atoms with Gasteiger partial charge in [0.2, 0.25) is 0 Å². The van der Waals surface area contributed by atoms with E-state index in [1.807, 2.05) is 24.1 Å². The molecule has 2 aliphatic rings. The first-order chi connectivity index (χ1) is 14.6. The van der Waals surface area contributed by atoms with Gasteiger partial charge in [0.05, 0.1) is 11.8 Å².